The van der Waals surface area contributed by atoms with Gasteiger partial charge in [0, 0.05) is 30.0 Å². The van der Waals surface area contributed by atoms with E-state index in [2.05, 4.69) is 42.9 Å². The molecule has 2 N–H and O–H groups in total. The van der Waals surface area contributed by atoms with Gasteiger partial charge in [0.2, 0.25) is 0 Å². The van der Waals surface area contributed by atoms with Crippen molar-refractivity contribution in [2.75, 3.05) is 13.2 Å². The number of aromatic nitrogens is 1. The van der Waals surface area contributed by atoms with Gasteiger partial charge in [-0.25, -0.2) is 0 Å². The molecule has 0 fully saturated rings. The summed E-state index contributed by atoms with van der Waals surface area (Å²) in [5, 5.41) is 32.1. The Balaban J connectivity index is 0.000000547. The molecule has 0 saturated carbocycles. The van der Waals surface area contributed by atoms with Gasteiger partial charge < -0.3 is 35.0 Å². The third kappa shape index (κ3) is 12.8. The van der Waals surface area contributed by atoms with Gasteiger partial charge in [0.1, 0.15) is 18.5 Å². The lowest BCUT2D eigenvalue weighted by Crippen LogP contribution is -2.42. The van der Waals surface area contributed by atoms with Crippen LogP contribution in [0.5, 0.6) is 5.75 Å². The largest absolute Gasteiger partial charge is 0.545 e. The standard InChI is InChI=1S/C20H24N2O2.C4H4O4/c1-20(2,3)22-14-18(23)15-24-19-7-5-4-6-17(19)9-8-16-10-12-21-13-11-16;5-3(6)1-2-4(7)8/h4-7,10-13,18,22-23H,14-15H2,1-3H3;1-2H,(H,5,6)(H,7,8)/p-2. The zero-order valence-corrected chi connectivity index (χ0v) is 18.2. The Morgan fingerprint density at radius 3 is 2.25 bits per heavy atom. The van der Waals surface area contributed by atoms with E-state index in [1.807, 2.05) is 36.4 Å². The molecule has 1 atom stereocenters. The minimum absolute atomic E-state index is 0.0328. The Bertz CT molecular complexity index is 940. The monoisotopic (exact) mass is 438 g/mol. The molecule has 8 nitrogen and oxygen atoms in total. The van der Waals surface area contributed by atoms with Crippen LogP contribution >= 0.6 is 0 Å². The first-order chi connectivity index (χ1) is 15.1. The van der Waals surface area contributed by atoms with Crippen LogP contribution in [-0.2, 0) is 9.59 Å². The number of ether oxygens (including phenoxy) is 1. The van der Waals surface area contributed by atoms with E-state index in [1.165, 1.54) is 0 Å². The van der Waals surface area contributed by atoms with Crippen molar-refractivity contribution in [3.05, 3.63) is 72.1 Å². The summed E-state index contributed by atoms with van der Waals surface area (Å²) < 4.78 is 5.75. The summed E-state index contributed by atoms with van der Waals surface area (Å²) in [6.45, 7) is 6.88. The van der Waals surface area contributed by atoms with Gasteiger partial charge in [0.15, 0.2) is 0 Å². The number of carbonyl (C=O) groups is 2. The van der Waals surface area contributed by atoms with Crippen LogP contribution in [0.4, 0.5) is 0 Å². The Hall–Kier alpha value is -3.67. The summed E-state index contributed by atoms with van der Waals surface area (Å²) in [7, 11) is 0. The molecule has 32 heavy (non-hydrogen) atoms. The fourth-order valence-electron chi connectivity index (χ4n) is 2.08. The van der Waals surface area contributed by atoms with Crippen LogP contribution in [0.3, 0.4) is 0 Å². The summed E-state index contributed by atoms with van der Waals surface area (Å²) in [5.41, 5.74) is 1.66. The average molecular weight is 438 g/mol. The molecule has 0 bridgehead atoms. The predicted octanol–water partition coefficient (Wildman–Crippen LogP) is -0.348. The summed E-state index contributed by atoms with van der Waals surface area (Å²) >= 11 is 0. The normalized spacial score (nSPS) is 11.5. The van der Waals surface area contributed by atoms with Crippen molar-refractivity contribution < 1.29 is 29.6 Å². The Kier molecular flexibility index (Phi) is 11.2. The second-order valence-corrected chi connectivity index (χ2v) is 7.55. The molecule has 1 aromatic heterocycles. The lowest BCUT2D eigenvalue weighted by molar-refractivity contribution is -0.301. The van der Waals surface area contributed by atoms with Crippen molar-refractivity contribution in [3.8, 4) is 17.6 Å². The van der Waals surface area contributed by atoms with Crippen molar-refractivity contribution >= 4 is 11.9 Å². The zero-order valence-electron chi connectivity index (χ0n) is 18.2. The van der Waals surface area contributed by atoms with Crippen molar-refractivity contribution in [2.45, 2.75) is 32.4 Å². The predicted molar refractivity (Wildman–Crippen MR) is 115 cm³/mol. The number of carboxylic acids is 2. The second kappa shape index (κ2) is 13.6. The van der Waals surface area contributed by atoms with Crippen molar-refractivity contribution in [2.24, 2.45) is 0 Å². The zero-order chi connectivity index (χ0) is 24.0. The van der Waals surface area contributed by atoms with Gasteiger partial charge in [-0.1, -0.05) is 24.0 Å². The number of carboxylic acid groups (broad SMARTS) is 2. The number of carbonyl (C=O) groups excluding carboxylic acids is 2. The number of nitrogens with one attached hydrogen (secondary N) is 1. The van der Waals surface area contributed by atoms with E-state index in [1.54, 1.807) is 12.4 Å². The molecule has 2 aromatic rings. The van der Waals surface area contributed by atoms with Gasteiger partial charge in [0.25, 0.3) is 0 Å². The molecule has 170 valence electrons. The average Bonchev–Trinajstić information content (AvgIpc) is 2.74. The fraction of sp³-hybridized carbons (Fsp3) is 0.292. The highest BCUT2D eigenvalue weighted by Gasteiger charge is 2.13. The molecule has 1 unspecified atom stereocenters. The number of benzene rings is 1. The highest BCUT2D eigenvalue weighted by atomic mass is 16.5. The Labute approximate surface area is 187 Å². The highest BCUT2D eigenvalue weighted by molar-refractivity contribution is 5.87. The smallest absolute Gasteiger partial charge is 0.135 e. The number of aliphatic hydroxyl groups excluding tert-OH is 1. The summed E-state index contributed by atoms with van der Waals surface area (Å²) in [6.07, 6.45) is 3.62. The topological polar surface area (TPSA) is 135 Å². The lowest BCUT2D eigenvalue weighted by Gasteiger charge is -2.23. The first kappa shape index (κ1) is 26.4. The number of rotatable bonds is 7. The van der Waals surface area contributed by atoms with Crippen LogP contribution < -0.4 is 20.3 Å². The molecule has 1 heterocycles. The Morgan fingerprint density at radius 1 is 1.09 bits per heavy atom. The maximum atomic E-state index is 10.0. The van der Waals surface area contributed by atoms with Crippen LogP contribution in [-0.4, -0.2) is 46.8 Å². The minimum atomic E-state index is -1.55. The van der Waals surface area contributed by atoms with E-state index < -0.39 is 18.0 Å². The molecule has 0 aliphatic heterocycles. The number of β-amino-alcohol motifs (C(OH)–C–C–N with tert-alkyl or cyclic N) is 1. The van der Waals surface area contributed by atoms with Crippen LogP contribution in [0.1, 0.15) is 31.9 Å². The van der Waals surface area contributed by atoms with Crippen LogP contribution in [0.15, 0.2) is 60.9 Å². The Morgan fingerprint density at radius 2 is 1.69 bits per heavy atom. The molecule has 2 rings (SSSR count). The number of nitrogens with zero attached hydrogens (tertiary/aromatic N) is 1. The fourth-order valence-corrected chi connectivity index (χ4v) is 2.08. The highest BCUT2D eigenvalue weighted by Crippen LogP contribution is 2.17. The second-order valence-electron chi connectivity index (χ2n) is 7.55. The number of pyridine rings is 1. The quantitative estimate of drug-likeness (QED) is 0.443. The van der Waals surface area contributed by atoms with E-state index >= 15 is 0 Å². The van der Waals surface area contributed by atoms with E-state index in [9.17, 15) is 24.9 Å². The van der Waals surface area contributed by atoms with Crippen molar-refractivity contribution in [1.82, 2.24) is 10.3 Å². The summed E-state index contributed by atoms with van der Waals surface area (Å²) in [4.78, 5) is 22.8. The van der Waals surface area contributed by atoms with Crippen LogP contribution in [0.25, 0.3) is 0 Å². The van der Waals surface area contributed by atoms with Crippen molar-refractivity contribution in [1.29, 1.82) is 0 Å². The minimum Gasteiger partial charge on any atom is -0.545 e. The third-order valence-electron chi connectivity index (χ3n) is 3.56. The van der Waals surface area contributed by atoms with E-state index in [-0.39, 0.29) is 12.1 Å². The van der Waals surface area contributed by atoms with E-state index in [0.29, 0.717) is 24.4 Å². The number of hydrogen-bond donors (Lipinski definition) is 2. The summed E-state index contributed by atoms with van der Waals surface area (Å²) in [5.74, 6) is 3.78. The van der Waals surface area contributed by atoms with Gasteiger partial charge in [-0.05, 0) is 57.2 Å². The maximum absolute atomic E-state index is 10.0. The van der Waals surface area contributed by atoms with Gasteiger partial charge >= 0.3 is 0 Å². The molecular formula is C24H26N2O6-2. The SMILES string of the molecule is CC(C)(C)NCC(O)COc1ccccc1C#Cc1ccncc1.O=C([O-])C=CC(=O)[O-]. The number of para-hydroxylation sites is 1. The molecule has 0 radical (unpaired) electrons. The van der Waals surface area contributed by atoms with Gasteiger partial charge in [-0.2, -0.15) is 0 Å². The molecule has 0 spiro atoms. The number of aliphatic hydroxyl groups is 1. The van der Waals surface area contributed by atoms with Crippen LogP contribution in [0, 0.1) is 11.8 Å². The van der Waals surface area contributed by atoms with E-state index in [0.717, 1.165) is 11.1 Å². The van der Waals surface area contributed by atoms with Gasteiger partial charge in [-0.15, -0.1) is 0 Å². The molecular weight excluding hydrogens is 412 g/mol. The molecule has 0 aliphatic rings. The first-order valence-corrected chi connectivity index (χ1v) is 9.74. The maximum Gasteiger partial charge on any atom is 0.135 e. The molecule has 0 saturated heterocycles. The van der Waals surface area contributed by atoms with Gasteiger partial charge in [-0.3, -0.25) is 4.98 Å². The number of hydrogen-bond acceptors (Lipinski definition) is 8. The summed E-state index contributed by atoms with van der Waals surface area (Å²) in [6, 6.07) is 11.3. The lowest BCUT2D eigenvalue weighted by atomic mass is 10.1. The molecule has 8 heteroatoms. The molecule has 0 aliphatic carbocycles. The molecule has 1 aromatic carbocycles. The van der Waals surface area contributed by atoms with Gasteiger partial charge in [0.05, 0.1) is 17.5 Å². The third-order valence-corrected chi connectivity index (χ3v) is 3.56. The first-order valence-electron chi connectivity index (χ1n) is 9.74. The molecule has 0 amide bonds. The number of aliphatic carboxylic acids is 2. The van der Waals surface area contributed by atoms with E-state index in [4.69, 9.17) is 4.74 Å². The van der Waals surface area contributed by atoms with Crippen molar-refractivity contribution in [3.63, 3.8) is 0 Å². The van der Waals surface area contributed by atoms with Crippen LogP contribution in [0.2, 0.25) is 0 Å².